The first-order valence-corrected chi connectivity index (χ1v) is 9.45. The van der Waals surface area contributed by atoms with E-state index in [2.05, 4.69) is 22.4 Å². The number of nitrogens with one attached hydrogen (secondary N) is 2. The topological polar surface area (TPSA) is 67.0 Å². The molecule has 2 N–H and O–H groups in total. The fourth-order valence-electron chi connectivity index (χ4n) is 2.58. The largest absolute Gasteiger partial charge is 0.494 e. The fourth-order valence-corrected chi connectivity index (χ4v) is 2.81. The Hall–Kier alpha value is -2.86. The van der Waals surface area contributed by atoms with Crippen LogP contribution in [-0.2, 0) is 6.54 Å². The summed E-state index contributed by atoms with van der Waals surface area (Å²) in [5.74, 6) is 0.0700. The second-order valence-corrected chi connectivity index (χ2v) is 6.72. The smallest absolute Gasteiger partial charge is 0.269 e. The van der Waals surface area contributed by atoms with Gasteiger partial charge in [-0.25, -0.2) is 4.39 Å². The quantitative estimate of drug-likeness (QED) is 0.523. The number of halogens is 2. The molecule has 0 aliphatic carbocycles. The molecule has 7 heteroatoms. The van der Waals surface area contributed by atoms with Crippen LogP contribution >= 0.6 is 11.6 Å². The first-order valence-electron chi connectivity index (χ1n) is 9.07. The summed E-state index contributed by atoms with van der Waals surface area (Å²) in [5.41, 5.74) is 2.50. The third-order valence-electron chi connectivity index (χ3n) is 4.19. The van der Waals surface area contributed by atoms with Crippen LogP contribution in [0.1, 0.15) is 35.8 Å². The highest BCUT2D eigenvalue weighted by atomic mass is 35.5. The standard InChI is InChI=1S/C21H21ClFN3O2/c1-2-3-10-28-17-8-5-14(6-9-17)19-12-20(26-25-19)21(27)24-13-15-4-7-16(23)11-18(15)22/h4-9,11-12H,2-3,10,13H2,1H3,(H,24,27)(H,25,26). The summed E-state index contributed by atoms with van der Waals surface area (Å²) >= 11 is 5.97. The van der Waals surface area contributed by atoms with Gasteiger partial charge in [0.05, 0.1) is 12.3 Å². The number of unbranched alkanes of at least 4 members (excludes halogenated alkanes) is 1. The Morgan fingerprint density at radius 1 is 1.21 bits per heavy atom. The zero-order chi connectivity index (χ0) is 19.9. The monoisotopic (exact) mass is 401 g/mol. The normalized spacial score (nSPS) is 10.7. The molecule has 2 aromatic carbocycles. The predicted molar refractivity (Wildman–Crippen MR) is 107 cm³/mol. The van der Waals surface area contributed by atoms with E-state index in [0.717, 1.165) is 24.2 Å². The number of rotatable bonds is 8. The van der Waals surface area contributed by atoms with Gasteiger partial charge in [0.25, 0.3) is 5.91 Å². The van der Waals surface area contributed by atoms with Crippen molar-refractivity contribution in [3.63, 3.8) is 0 Å². The van der Waals surface area contributed by atoms with Gasteiger partial charge in [0.1, 0.15) is 17.3 Å². The van der Waals surface area contributed by atoms with Crippen molar-refractivity contribution in [1.82, 2.24) is 15.5 Å². The van der Waals surface area contributed by atoms with Gasteiger partial charge in [0.15, 0.2) is 0 Å². The number of hydrogen-bond donors (Lipinski definition) is 2. The van der Waals surface area contributed by atoms with E-state index in [0.29, 0.717) is 23.6 Å². The van der Waals surface area contributed by atoms with Gasteiger partial charge in [-0.05, 0) is 54.4 Å². The number of carbonyl (C=O) groups excluding carboxylic acids is 1. The number of hydrogen-bond acceptors (Lipinski definition) is 3. The highest BCUT2D eigenvalue weighted by molar-refractivity contribution is 6.31. The number of amides is 1. The molecule has 28 heavy (non-hydrogen) atoms. The molecule has 3 aromatic rings. The van der Waals surface area contributed by atoms with E-state index in [-0.39, 0.29) is 17.5 Å². The maximum atomic E-state index is 13.1. The zero-order valence-corrected chi connectivity index (χ0v) is 16.2. The third-order valence-corrected chi connectivity index (χ3v) is 4.55. The summed E-state index contributed by atoms with van der Waals surface area (Å²) in [4.78, 5) is 12.3. The van der Waals surface area contributed by atoms with Gasteiger partial charge in [0.2, 0.25) is 0 Å². The number of nitrogens with zero attached hydrogens (tertiary/aromatic N) is 1. The van der Waals surface area contributed by atoms with E-state index in [1.165, 1.54) is 12.1 Å². The van der Waals surface area contributed by atoms with E-state index in [4.69, 9.17) is 16.3 Å². The van der Waals surface area contributed by atoms with Gasteiger partial charge in [-0.2, -0.15) is 5.10 Å². The molecule has 0 atom stereocenters. The average molecular weight is 402 g/mol. The van der Waals surface area contributed by atoms with Gasteiger partial charge >= 0.3 is 0 Å². The number of aromatic amines is 1. The minimum Gasteiger partial charge on any atom is -0.494 e. The lowest BCUT2D eigenvalue weighted by atomic mass is 10.1. The van der Waals surface area contributed by atoms with E-state index < -0.39 is 5.82 Å². The number of carbonyl (C=O) groups is 1. The molecule has 1 amide bonds. The number of ether oxygens (including phenoxy) is 1. The van der Waals surface area contributed by atoms with Crippen LogP contribution in [0.4, 0.5) is 4.39 Å². The van der Waals surface area contributed by atoms with Gasteiger partial charge in [-0.15, -0.1) is 0 Å². The Labute approximate surface area is 167 Å². The molecule has 5 nitrogen and oxygen atoms in total. The minimum absolute atomic E-state index is 0.191. The van der Waals surface area contributed by atoms with Crippen molar-refractivity contribution in [2.75, 3.05) is 6.61 Å². The SMILES string of the molecule is CCCCOc1ccc(-c2cc(C(=O)NCc3ccc(F)cc3Cl)[nH]n2)cc1. The van der Waals surface area contributed by atoms with Crippen LogP contribution in [-0.4, -0.2) is 22.7 Å². The molecular weight excluding hydrogens is 381 g/mol. The van der Waals surface area contributed by atoms with E-state index >= 15 is 0 Å². The average Bonchev–Trinajstić information content (AvgIpc) is 3.18. The maximum Gasteiger partial charge on any atom is 0.269 e. The van der Waals surface area contributed by atoms with Crippen molar-refractivity contribution in [2.45, 2.75) is 26.3 Å². The summed E-state index contributed by atoms with van der Waals surface area (Å²) in [6.45, 7) is 3.00. The highest BCUT2D eigenvalue weighted by Gasteiger charge is 2.12. The van der Waals surface area contributed by atoms with Crippen LogP contribution in [0.2, 0.25) is 5.02 Å². The zero-order valence-electron chi connectivity index (χ0n) is 15.5. The molecule has 0 aliphatic rings. The molecule has 0 spiro atoms. The van der Waals surface area contributed by atoms with Gasteiger partial charge < -0.3 is 10.1 Å². The van der Waals surface area contributed by atoms with Gasteiger partial charge in [0, 0.05) is 17.1 Å². The maximum absolute atomic E-state index is 13.1. The second-order valence-electron chi connectivity index (χ2n) is 6.31. The Bertz CT molecular complexity index is 941. The van der Waals surface area contributed by atoms with E-state index in [1.54, 1.807) is 12.1 Å². The second kappa shape index (κ2) is 9.37. The molecule has 0 aliphatic heterocycles. The van der Waals surface area contributed by atoms with Crippen molar-refractivity contribution in [3.05, 3.63) is 70.6 Å². The van der Waals surface area contributed by atoms with Crippen LogP contribution in [0, 0.1) is 5.82 Å². The predicted octanol–water partition coefficient (Wildman–Crippen LogP) is 4.98. The summed E-state index contributed by atoms with van der Waals surface area (Å²) in [5, 5.41) is 9.94. The molecule has 1 aromatic heterocycles. The molecule has 0 saturated heterocycles. The number of H-pyrrole nitrogens is 1. The van der Waals surface area contributed by atoms with Crippen molar-refractivity contribution in [3.8, 4) is 17.0 Å². The lowest BCUT2D eigenvalue weighted by Gasteiger charge is -2.06. The summed E-state index contributed by atoms with van der Waals surface area (Å²) in [6, 6.07) is 13.3. The molecule has 3 rings (SSSR count). The first-order chi connectivity index (χ1) is 13.6. The Kier molecular flexibility index (Phi) is 6.66. The third kappa shape index (κ3) is 5.10. The lowest BCUT2D eigenvalue weighted by Crippen LogP contribution is -2.23. The Morgan fingerprint density at radius 2 is 2.00 bits per heavy atom. The molecule has 0 radical (unpaired) electrons. The van der Waals surface area contributed by atoms with Crippen molar-refractivity contribution in [1.29, 1.82) is 0 Å². The first kappa shape index (κ1) is 19.9. The van der Waals surface area contributed by atoms with Crippen LogP contribution in [0.3, 0.4) is 0 Å². The summed E-state index contributed by atoms with van der Waals surface area (Å²) < 4.78 is 18.7. The van der Waals surface area contributed by atoms with Gasteiger partial charge in [-0.3, -0.25) is 9.89 Å². The molecule has 0 unspecified atom stereocenters. The van der Waals surface area contributed by atoms with Crippen LogP contribution in [0.5, 0.6) is 5.75 Å². The number of benzene rings is 2. The summed E-state index contributed by atoms with van der Waals surface area (Å²) in [6.07, 6.45) is 2.10. The molecule has 146 valence electrons. The molecule has 0 fully saturated rings. The molecule has 0 bridgehead atoms. The summed E-state index contributed by atoms with van der Waals surface area (Å²) in [7, 11) is 0. The molecule has 0 saturated carbocycles. The van der Waals surface area contributed by atoms with Crippen molar-refractivity contribution >= 4 is 17.5 Å². The van der Waals surface area contributed by atoms with E-state index in [9.17, 15) is 9.18 Å². The highest BCUT2D eigenvalue weighted by Crippen LogP contribution is 2.22. The molecule has 1 heterocycles. The lowest BCUT2D eigenvalue weighted by molar-refractivity contribution is 0.0946. The number of aromatic nitrogens is 2. The van der Waals surface area contributed by atoms with Crippen molar-refractivity contribution < 1.29 is 13.9 Å². The minimum atomic E-state index is -0.417. The van der Waals surface area contributed by atoms with Crippen LogP contribution < -0.4 is 10.1 Å². The van der Waals surface area contributed by atoms with Crippen molar-refractivity contribution in [2.24, 2.45) is 0 Å². The Balaban J connectivity index is 1.60. The van der Waals surface area contributed by atoms with E-state index in [1.807, 2.05) is 24.3 Å². The van der Waals surface area contributed by atoms with Crippen LogP contribution in [0.25, 0.3) is 11.3 Å². The Morgan fingerprint density at radius 3 is 2.71 bits per heavy atom. The molecular formula is C21H21ClFN3O2. The van der Waals surface area contributed by atoms with Gasteiger partial charge in [-0.1, -0.05) is 31.0 Å². The van der Waals surface area contributed by atoms with Crippen LogP contribution in [0.15, 0.2) is 48.5 Å². The fraction of sp³-hybridized carbons (Fsp3) is 0.238.